The van der Waals surface area contributed by atoms with E-state index >= 15 is 0 Å². The molecule has 5 nitrogen and oxygen atoms in total. The minimum absolute atomic E-state index is 0.0319. The largest absolute Gasteiger partial charge is 0.394 e. The van der Waals surface area contributed by atoms with E-state index in [2.05, 4.69) is 31.2 Å². The van der Waals surface area contributed by atoms with Crippen LogP contribution in [0.4, 0.5) is 0 Å². The first-order chi connectivity index (χ1) is 10.7. The molecule has 1 aliphatic rings. The highest BCUT2D eigenvalue weighted by atomic mass is 16.3. The second-order valence-corrected chi connectivity index (χ2v) is 8.09. The maximum atomic E-state index is 12.7. The van der Waals surface area contributed by atoms with Crippen LogP contribution in [0.25, 0.3) is 0 Å². The van der Waals surface area contributed by atoms with Crippen LogP contribution in [-0.4, -0.2) is 32.9 Å². The first kappa shape index (κ1) is 18.0. The quantitative estimate of drug-likeness (QED) is 0.896. The van der Waals surface area contributed by atoms with Gasteiger partial charge in [0, 0.05) is 5.69 Å². The number of nitrogens with zero attached hydrogens (tertiary/aromatic N) is 2. The number of carbonyl (C=O) groups excluding carboxylic acids is 1. The molecule has 1 aromatic heterocycles. The zero-order valence-electron chi connectivity index (χ0n) is 15.1. The number of carbonyl (C=O) groups is 1. The van der Waals surface area contributed by atoms with E-state index in [4.69, 9.17) is 0 Å². The molecule has 0 unspecified atom stereocenters. The molecule has 1 aromatic rings. The summed E-state index contributed by atoms with van der Waals surface area (Å²) in [5, 5.41) is 17.4. The van der Waals surface area contributed by atoms with E-state index in [1.54, 1.807) is 6.20 Å². The molecule has 1 amide bonds. The van der Waals surface area contributed by atoms with Gasteiger partial charge in [-0.1, -0.05) is 19.3 Å². The maximum absolute atomic E-state index is 12.7. The maximum Gasteiger partial charge on any atom is 0.255 e. The number of hydrogen-bond donors (Lipinski definition) is 2. The zero-order chi connectivity index (χ0) is 17.3. The molecule has 0 aliphatic heterocycles. The lowest BCUT2D eigenvalue weighted by Crippen LogP contribution is -2.54. The van der Waals surface area contributed by atoms with Crippen LogP contribution in [0.2, 0.25) is 0 Å². The smallest absolute Gasteiger partial charge is 0.255 e. The molecule has 1 saturated carbocycles. The molecule has 0 saturated heterocycles. The van der Waals surface area contributed by atoms with Crippen molar-refractivity contribution in [2.75, 3.05) is 6.61 Å². The van der Waals surface area contributed by atoms with Crippen molar-refractivity contribution in [3.05, 3.63) is 17.5 Å². The molecule has 1 fully saturated rings. The van der Waals surface area contributed by atoms with Crippen molar-refractivity contribution in [2.45, 2.75) is 77.8 Å². The van der Waals surface area contributed by atoms with E-state index in [1.165, 1.54) is 19.3 Å². The van der Waals surface area contributed by atoms with Crippen molar-refractivity contribution in [3.8, 4) is 0 Å². The molecule has 2 N–H and O–H groups in total. The first-order valence-electron chi connectivity index (χ1n) is 8.67. The molecule has 1 aliphatic carbocycles. The molecule has 0 aromatic carbocycles. The number of amides is 1. The van der Waals surface area contributed by atoms with Gasteiger partial charge in [0.2, 0.25) is 0 Å². The summed E-state index contributed by atoms with van der Waals surface area (Å²) in [5.41, 5.74) is 0.731. The van der Waals surface area contributed by atoms with Crippen LogP contribution in [-0.2, 0) is 5.54 Å². The predicted molar refractivity (Wildman–Crippen MR) is 91.5 cm³/mol. The lowest BCUT2D eigenvalue weighted by molar-refractivity contribution is 0.0679. The van der Waals surface area contributed by atoms with Gasteiger partial charge in [-0.2, -0.15) is 5.10 Å². The van der Waals surface area contributed by atoms with Crippen LogP contribution in [0.5, 0.6) is 0 Å². The summed E-state index contributed by atoms with van der Waals surface area (Å²) >= 11 is 0. The minimum Gasteiger partial charge on any atom is -0.394 e. The van der Waals surface area contributed by atoms with Gasteiger partial charge in [0.1, 0.15) is 0 Å². The number of aliphatic hydroxyl groups excluding tert-OH is 1. The number of aliphatic hydroxyl groups is 1. The van der Waals surface area contributed by atoms with Crippen LogP contribution < -0.4 is 5.32 Å². The van der Waals surface area contributed by atoms with E-state index in [0.717, 1.165) is 18.5 Å². The molecule has 1 atom stereocenters. The van der Waals surface area contributed by atoms with E-state index in [9.17, 15) is 9.90 Å². The third kappa shape index (κ3) is 3.77. The normalized spacial score (nSPS) is 19.4. The third-order valence-corrected chi connectivity index (χ3v) is 5.12. The molecule has 0 bridgehead atoms. The van der Waals surface area contributed by atoms with Gasteiger partial charge in [0.15, 0.2) is 0 Å². The van der Waals surface area contributed by atoms with Crippen LogP contribution in [0.3, 0.4) is 0 Å². The van der Waals surface area contributed by atoms with E-state index in [-0.39, 0.29) is 18.1 Å². The van der Waals surface area contributed by atoms with Gasteiger partial charge in [-0.3, -0.25) is 9.48 Å². The minimum atomic E-state index is -0.562. The number of aromatic nitrogens is 2. The Balaban J connectivity index is 2.18. The molecule has 0 radical (unpaired) electrons. The van der Waals surface area contributed by atoms with Gasteiger partial charge in [-0.05, 0) is 53.4 Å². The van der Waals surface area contributed by atoms with Crippen molar-refractivity contribution >= 4 is 5.91 Å². The fourth-order valence-electron chi connectivity index (χ4n) is 3.65. The Bertz CT molecular complexity index is 553. The molecule has 23 heavy (non-hydrogen) atoms. The van der Waals surface area contributed by atoms with Crippen molar-refractivity contribution < 1.29 is 9.90 Å². The first-order valence-corrected chi connectivity index (χ1v) is 8.67. The molecule has 5 heteroatoms. The van der Waals surface area contributed by atoms with Crippen molar-refractivity contribution in [2.24, 2.45) is 5.92 Å². The number of nitrogens with one attached hydrogen (secondary N) is 1. The van der Waals surface area contributed by atoms with E-state index < -0.39 is 5.54 Å². The Morgan fingerprint density at radius 3 is 2.39 bits per heavy atom. The second-order valence-electron chi connectivity index (χ2n) is 8.09. The van der Waals surface area contributed by atoms with Crippen LogP contribution in [0, 0.1) is 12.8 Å². The number of rotatable bonds is 4. The second kappa shape index (κ2) is 6.63. The van der Waals surface area contributed by atoms with E-state index in [1.807, 2.05) is 18.5 Å². The average molecular weight is 321 g/mol. The van der Waals surface area contributed by atoms with Gasteiger partial charge >= 0.3 is 0 Å². The van der Waals surface area contributed by atoms with Gasteiger partial charge < -0.3 is 10.4 Å². The molecular formula is C18H31N3O2. The van der Waals surface area contributed by atoms with Crippen LogP contribution in [0.1, 0.15) is 75.9 Å². The summed E-state index contributed by atoms with van der Waals surface area (Å²) in [7, 11) is 0. The lowest BCUT2D eigenvalue weighted by Gasteiger charge is -2.39. The standard InChI is InChI=1S/C18H31N3O2/c1-13-15(11-19-21(13)17(2,3)4)16(23)20-18(5,12-22)14-9-7-6-8-10-14/h11,14,22H,6-10,12H2,1-5H3,(H,20,23)/t18-/m1/s1. The van der Waals surface area contributed by atoms with Crippen LogP contribution in [0.15, 0.2) is 6.20 Å². The van der Waals surface area contributed by atoms with Gasteiger partial charge in [-0.15, -0.1) is 0 Å². The topological polar surface area (TPSA) is 67.2 Å². The Morgan fingerprint density at radius 1 is 1.30 bits per heavy atom. The monoisotopic (exact) mass is 321 g/mol. The lowest BCUT2D eigenvalue weighted by atomic mass is 9.76. The highest BCUT2D eigenvalue weighted by Gasteiger charge is 2.36. The van der Waals surface area contributed by atoms with Crippen molar-refractivity contribution in [3.63, 3.8) is 0 Å². The number of hydrogen-bond acceptors (Lipinski definition) is 3. The summed E-state index contributed by atoms with van der Waals surface area (Å²) < 4.78 is 1.87. The summed E-state index contributed by atoms with van der Waals surface area (Å²) in [6, 6.07) is 0. The predicted octanol–water partition coefficient (Wildman–Crippen LogP) is 3.01. The fourth-order valence-corrected chi connectivity index (χ4v) is 3.65. The Labute approximate surface area is 139 Å². The highest BCUT2D eigenvalue weighted by molar-refractivity contribution is 5.95. The van der Waals surface area contributed by atoms with Crippen LogP contribution >= 0.6 is 0 Å². The Morgan fingerprint density at radius 2 is 1.91 bits per heavy atom. The van der Waals surface area contributed by atoms with E-state index in [0.29, 0.717) is 11.5 Å². The Kier molecular flexibility index (Phi) is 5.19. The summed E-state index contributed by atoms with van der Waals surface area (Å²) in [6.45, 7) is 10.0. The summed E-state index contributed by atoms with van der Waals surface area (Å²) in [4.78, 5) is 12.7. The fraction of sp³-hybridized carbons (Fsp3) is 0.778. The summed E-state index contributed by atoms with van der Waals surface area (Å²) in [6.07, 6.45) is 7.38. The Hall–Kier alpha value is -1.36. The van der Waals surface area contributed by atoms with Gasteiger partial charge in [0.05, 0.1) is 29.4 Å². The highest BCUT2D eigenvalue weighted by Crippen LogP contribution is 2.32. The SMILES string of the molecule is Cc1c(C(=O)N[C@](C)(CO)C2CCCCC2)cnn1C(C)(C)C. The van der Waals surface area contributed by atoms with Gasteiger partial charge in [0.25, 0.3) is 5.91 Å². The molecule has 130 valence electrons. The summed E-state index contributed by atoms with van der Waals surface area (Å²) in [5.74, 6) is 0.197. The average Bonchev–Trinajstić information content (AvgIpc) is 2.90. The molecular weight excluding hydrogens is 290 g/mol. The molecule has 1 heterocycles. The molecule has 2 rings (SSSR count). The van der Waals surface area contributed by atoms with Crippen molar-refractivity contribution in [1.82, 2.24) is 15.1 Å². The van der Waals surface area contributed by atoms with Crippen molar-refractivity contribution in [1.29, 1.82) is 0 Å². The van der Waals surface area contributed by atoms with Gasteiger partial charge in [-0.25, -0.2) is 0 Å². The third-order valence-electron chi connectivity index (χ3n) is 5.12. The zero-order valence-corrected chi connectivity index (χ0v) is 15.1. The molecule has 0 spiro atoms.